The molecule has 1 unspecified atom stereocenters. The molecule has 3 rings (SSSR count). The van der Waals surface area contributed by atoms with E-state index in [9.17, 15) is 9.90 Å². The van der Waals surface area contributed by atoms with Gasteiger partial charge in [-0.25, -0.2) is 0 Å². The van der Waals surface area contributed by atoms with Gasteiger partial charge in [0.05, 0.1) is 6.61 Å². The van der Waals surface area contributed by atoms with Crippen LogP contribution in [0.5, 0.6) is 5.75 Å². The Balaban J connectivity index is 2.16. The molecule has 4 nitrogen and oxygen atoms in total. The second-order valence-corrected chi connectivity index (χ2v) is 6.99. The molecule has 5 heteroatoms. The molecule has 1 aromatic heterocycles. The smallest absolute Gasteiger partial charge is 0.315 e. The molecular formula is C21H23NO3S. The standard InChI is InChI=1S/C21H23NO3S/c1-4-25-21(24)17(12-14-8-6-5-7-9-14)19-20(26-3)16-13-15(23)10-11-18(16)22(19)2/h5-11,13,17,23H,4,12H2,1-3H3. The van der Waals surface area contributed by atoms with Crippen LogP contribution in [-0.4, -0.2) is 28.5 Å². The van der Waals surface area contributed by atoms with Crippen molar-refractivity contribution in [2.75, 3.05) is 12.9 Å². The molecule has 0 radical (unpaired) electrons. The number of carbonyl (C=O) groups is 1. The van der Waals surface area contributed by atoms with Gasteiger partial charge in [0.1, 0.15) is 11.7 Å². The third-order valence-electron chi connectivity index (χ3n) is 4.57. The predicted molar refractivity (Wildman–Crippen MR) is 106 cm³/mol. The van der Waals surface area contributed by atoms with Crippen LogP contribution in [0, 0.1) is 0 Å². The first-order valence-electron chi connectivity index (χ1n) is 8.62. The van der Waals surface area contributed by atoms with Gasteiger partial charge in [-0.3, -0.25) is 4.79 Å². The lowest BCUT2D eigenvalue weighted by atomic mass is 9.96. The molecule has 0 bridgehead atoms. The maximum Gasteiger partial charge on any atom is 0.315 e. The molecule has 26 heavy (non-hydrogen) atoms. The summed E-state index contributed by atoms with van der Waals surface area (Å²) in [6, 6.07) is 15.3. The van der Waals surface area contributed by atoms with Gasteiger partial charge >= 0.3 is 5.97 Å². The topological polar surface area (TPSA) is 51.5 Å². The summed E-state index contributed by atoms with van der Waals surface area (Å²) in [6.45, 7) is 2.18. The van der Waals surface area contributed by atoms with Gasteiger partial charge in [0.15, 0.2) is 0 Å². The predicted octanol–water partition coefficient (Wildman–Crippen LogP) is 4.50. The Morgan fingerprint density at radius 2 is 1.96 bits per heavy atom. The molecule has 136 valence electrons. The Morgan fingerprint density at radius 3 is 2.62 bits per heavy atom. The number of esters is 1. The summed E-state index contributed by atoms with van der Waals surface area (Å²) >= 11 is 1.59. The lowest BCUT2D eigenvalue weighted by Crippen LogP contribution is -2.21. The number of aromatic hydroxyl groups is 1. The van der Waals surface area contributed by atoms with E-state index in [-0.39, 0.29) is 11.7 Å². The van der Waals surface area contributed by atoms with E-state index in [0.29, 0.717) is 13.0 Å². The van der Waals surface area contributed by atoms with Crippen molar-refractivity contribution in [3.05, 3.63) is 59.8 Å². The van der Waals surface area contributed by atoms with Crippen molar-refractivity contribution in [2.24, 2.45) is 7.05 Å². The minimum Gasteiger partial charge on any atom is -0.508 e. The van der Waals surface area contributed by atoms with Crippen LogP contribution in [0.1, 0.15) is 24.1 Å². The first-order chi connectivity index (χ1) is 12.6. The van der Waals surface area contributed by atoms with Gasteiger partial charge in [-0.15, -0.1) is 11.8 Å². The number of carbonyl (C=O) groups excluding carboxylic acids is 1. The number of fused-ring (bicyclic) bond motifs is 1. The van der Waals surface area contributed by atoms with E-state index in [0.717, 1.165) is 27.1 Å². The second kappa shape index (κ2) is 7.87. The molecule has 0 aliphatic rings. The van der Waals surface area contributed by atoms with E-state index in [1.54, 1.807) is 23.9 Å². The van der Waals surface area contributed by atoms with E-state index < -0.39 is 5.92 Å². The number of hydrogen-bond acceptors (Lipinski definition) is 4. The third-order valence-corrected chi connectivity index (χ3v) is 5.41. The molecule has 1 N–H and O–H groups in total. The summed E-state index contributed by atoms with van der Waals surface area (Å²) < 4.78 is 7.44. The van der Waals surface area contributed by atoms with Crippen molar-refractivity contribution in [1.29, 1.82) is 0 Å². The van der Waals surface area contributed by atoms with Crippen LogP contribution in [0.4, 0.5) is 0 Å². The molecule has 0 amide bonds. The lowest BCUT2D eigenvalue weighted by Gasteiger charge is -2.18. The van der Waals surface area contributed by atoms with Gasteiger partial charge in [-0.2, -0.15) is 0 Å². The van der Waals surface area contributed by atoms with E-state index in [1.807, 2.05) is 61.2 Å². The van der Waals surface area contributed by atoms with Crippen molar-refractivity contribution in [3.63, 3.8) is 0 Å². The monoisotopic (exact) mass is 369 g/mol. The van der Waals surface area contributed by atoms with Crippen LogP contribution in [-0.2, 0) is 23.0 Å². The normalized spacial score (nSPS) is 12.3. The summed E-state index contributed by atoms with van der Waals surface area (Å²) in [7, 11) is 1.96. The largest absolute Gasteiger partial charge is 0.508 e. The van der Waals surface area contributed by atoms with Crippen LogP contribution in [0.2, 0.25) is 0 Å². The lowest BCUT2D eigenvalue weighted by molar-refractivity contribution is -0.145. The highest BCUT2D eigenvalue weighted by Gasteiger charge is 2.30. The number of ether oxygens (including phenoxy) is 1. The number of phenols is 1. The molecule has 0 saturated heterocycles. The zero-order valence-electron chi connectivity index (χ0n) is 15.2. The minimum atomic E-state index is -0.403. The summed E-state index contributed by atoms with van der Waals surface area (Å²) in [5.41, 5.74) is 3.01. The number of rotatable bonds is 6. The Morgan fingerprint density at radius 1 is 1.23 bits per heavy atom. The van der Waals surface area contributed by atoms with Crippen LogP contribution in [0.15, 0.2) is 53.4 Å². The van der Waals surface area contributed by atoms with Crippen molar-refractivity contribution in [1.82, 2.24) is 4.57 Å². The molecule has 1 atom stereocenters. The summed E-state index contributed by atoms with van der Waals surface area (Å²) in [6.07, 6.45) is 2.57. The molecule has 0 fully saturated rings. The first-order valence-corrected chi connectivity index (χ1v) is 9.85. The summed E-state index contributed by atoms with van der Waals surface area (Å²) in [4.78, 5) is 13.8. The van der Waals surface area contributed by atoms with Crippen LogP contribution < -0.4 is 0 Å². The average Bonchev–Trinajstić information content (AvgIpc) is 2.91. The number of hydrogen-bond donors (Lipinski definition) is 1. The van der Waals surface area contributed by atoms with E-state index in [4.69, 9.17) is 4.74 Å². The highest BCUT2D eigenvalue weighted by atomic mass is 32.2. The van der Waals surface area contributed by atoms with Crippen molar-refractivity contribution in [2.45, 2.75) is 24.2 Å². The fraction of sp³-hybridized carbons (Fsp3) is 0.286. The van der Waals surface area contributed by atoms with Crippen LogP contribution in [0.3, 0.4) is 0 Å². The molecule has 2 aromatic carbocycles. The zero-order chi connectivity index (χ0) is 18.7. The van der Waals surface area contributed by atoms with Gasteiger partial charge in [-0.1, -0.05) is 30.3 Å². The van der Waals surface area contributed by atoms with Gasteiger partial charge in [-0.05, 0) is 43.4 Å². The molecular weight excluding hydrogens is 346 g/mol. The average molecular weight is 369 g/mol. The molecule has 0 aliphatic carbocycles. The SMILES string of the molecule is CCOC(=O)C(Cc1ccccc1)c1c(SC)c2cc(O)ccc2n1C. The van der Waals surface area contributed by atoms with E-state index >= 15 is 0 Å². The molecule has 0 saturated carbocycles. The molecule has 3 aromatic rings. The second-order valence-electron chi connectivity index (χ2n) is 6.17. The zero-order valence-corrected chi connectivity index (χ0v) is 16.0. The van der Waals surface area contributed by atoms with Crippen LogP contribution in [0.25, 0.3) is 10.9 Å². The van der Waals surface area contributed by atoms with E-state index in [2.05, 4.69) is 0 Å². The van der Waals surface area contributed by atoms with Gasteiger partial charge < -0.3 is 14.4 Å². The van der Waals surface area contributed by atoms with E-state index in [1.165, 1.54) is 0 Å². The summed E-state index contributed by atoms with van der Waals surface area (Å²) in [5, 5.41) is 10.9. The number of thioether (sulfide) groups is 1. The van der Waals surface area contributed by atoms with Crippen molar-refractivity contribution >= 4 is 28.6 Å². The quantitative estimate of drug-likeness (QED) is 0.514. The number of phenolic OH excluding ortho intramolecular Hbond substituents is 1. The van der Waals surface area contributed by atoms with Crippen molar-refractivity contribution < 1.29 is 14.6 Å². The number of benzene rings is 2. The Hall–Kier alpha value is -2.40. The van der Waals surface area contributed by atoms with Gasteiger partial charge in [0, 0.05) is 28.5 Å². The third kappa shape index (κ3) is 3.44. The van der Waals surface area contributed by atoms with Gasteiger partial charge in [0.2, 0.25) is 0 Å². The van der Waals surface area contributed by atoms with Crippen molar-refractivity contribution in [3.8, 4) is 5.75 Å². The van der Waals surface area contributed by atoms with Crippen LogP contribution >= 0.6 is 11.8 Å². The fourth-order valence-corrected chi connectivity index (χ4v) is 4.28. The highest BCUT2D eigenvalue weighted by molar-refractivity contribution is 7.98. The Kier molecular flexibility index (Phi) is 5.57. The Labute approximate surface area is 157 Å². The number of nitrogens with zero attached hydrogens (tertiary/aromatic N) is 1. The highest BCUT2D eigenvalue weighted by Crippen LogP contribution is 2.39. The maximum absolute atomic E-state index is 12.8. The molecule has 1 heterocycles. The fourth-order valence-electron chi connectivity index (χ4n) is 3.41. The van der Waals surface area contributed by atoms with Gasteiger partial charge in [0.25, 0.3) is 0 Å². The molecule has 0 aliphatic heterocycles. The Bertz CT molecular complexity index is 918. The first kappa shape index (κ1) is 18.4. The molecule has 0 spiro atoms. The minimum absolute atomic E-state index is 0.221. The number of aromatic nitrogens is 1. The number of aryl methyl sites for hydroxylation is 1. The maximum atomic E-state index is 12.8. The summed E-state index contributed by atoms with van der Waals surface area (Å²) in [5.74, 6) is -0.401.